The number of carbonyl (C=O) groups is 1. The summed E-state index contributed by atoms with van der Waals surface area (Å²) < 4.78 is 9.33. The van der Waals surface area contributed by atoms with E-state index in [0.29, 0.717) is 19.6 Å². The highest BCUT2D eigenvalue weighted by Crippen LogP contribution is 2.37. The number of benzene rings is 1. The van der Waals surface area contributed by atoms with E-state index in [4.69, 9.17) is 4.74 Å². The smallest absolute Gasteiger partial charge is 0.304 e. The van der Waals surface area contributed by atoms with Crippen molar-refractivity contribution in [2.75, 3.05) is 6.54 Å². The van der Waals surface area contributed by atoms with Crippen LogP contribution in [-0.4, -0.2) is 48.2 Å². The number of aryl methyl sites for hydroxylation is 2. The van der Waals surface area contributed by atoms with E-state index >= 15 is 0 Å². The average Bonchev–Trinajstić information content (AvgIpc) is 3.51. The van der Waals surface area contributed by atoms with Crippen molar-refractivity contribution < 1.29 is 14.6 Å². The van der Waals surface area contributed by atoms with Gasteiger partial charge in [0.25, 0.3) is 0 Å². The summed E-state index contributed by atoms with van der Waals surface area (Å²) in [6, 6.07) is 11.6. The standard InChI is InChI=1S/C30H31N5O4S/c1-4-22-15-34(16-25-26(39-22)5-6-27(36)31-25)14-21-12-20(11-19-8-10-40-29(19)21)24(13-28(37)38)23-7-9-35-18(3)32-33-30(35)17(23)2/h5-12,22,24H,4,13-16H2,1-3H3,(H,31,36)(H,37,38)/t22-,24-/m1/s1. The molecule has 1 aliphatic rings. The molecule has 1 aromatic carbocycles. The molecule has 0 aliphatic carbocycles. The third-order valence-electron chi connectivity index (χ3n) is 7.79. The molecule has 4 aromatic heterocycles. The van der Waals surface area contributed by atoms with Gasteiger partial charge in [0.05, 0.1) is 12.1 Å². The van der Waals surface area contributed by atoms with Crippen molar-refractivity contribution in [2.24, 2.45) is 0 Å². The van der Waals surface area contributed by atoms with E-state index in [-0.39, 0.29) is 24.0 Å². The van der Waals surface area contributed by atoms with Crippen LogP contribution in [0.25, 0.3) is 15.7 Å². The second kappa shape index (κ2) is 10.5. The number of fused-ring (bicyclic) bond motifs is 3. The summed E-state index contributed by atoms with van der Waals surface area (Å²) in [4.78, 5) is 29.5. The Bertz CT molecular complexity index is 1790. The van der Waals surface area contributed by atoms with Crippen LogP contribution in [0.3, 0.4) is 0 Å². The highest BCUT2D eigenvalue weighted by atomic mass is 32.1. The number of carboxylic acids is 1. The third-order valence-corrected chi connectivity index (χ3v) is 8.79. The molecule has 2 N–H and O–H groups in total. The van der Waals surface area contributed by atoms with Gasteiger partial charge in [-0.2, -0.15) is 0 Å². The Kier molecular flexibility index (Phi) is 6.89. The molecule has 2 atom stereocenters. The Morgan fingerprint density at radius 1 is 1.23 bits per heavy atom. The summed E-state index contributed by atoms with van der Waals surface area (Å²) in [6.07, 6.45) is 2.72. The topological polar surface area (TPSA) is 113 Å². The lowest BCUT2D eigenvalue weighted by molar-refractivity contribution is -0.137. The second-order valence-corrected chi connectivity index (χ2v) is 11.4. The molecule has 0 saturated heterocycles. The number of aromatic nitrogens is 4. The predicted molar refractivity (Wildman–Crippen MR) is 154 cm³/mol. The van der Waals surface area contributed by atoms with Gasteiger partial charge in [0.1, 0.15) is 17.7 Å². The van der Waals surface area contributed by atoms with Crippen LogP contribution in [0.4, 0.5) is 0 Å². The highest BCUT2D eigenvalue weighted by Gasteiger charge is 2.26. The van der Waals surface area contributed by atoms with Crippen LogP contribution in [0.1, 0.15) is 59.5 Å². The Hall–Kier alpha value is -4.02. The maximum atomic E-state index is 12.1. The van der Waals surface area contributed by atoms with E-state index in [1.54, 1.807) is 17.4 Å². The lowest BCUT2D eigenvalue weighted by Crippen LogP contribution is -2.32. The number of nitrogens with one attached hydrogen (secondary N) is 1. The first-order chi connectivity index (χ1) is 19.3. The van der Waals surface area contributed by atoms with Crippen LogP contribution in [0.15, 0.2) is 52.8 Å². The van der Waals surface area contributed by atoms with Crippen LogP contribution in [0.5, 0.6) is 5.75 Å². The van der Waals surface area contributed by atoms with Crippen LogP contribution >= 0.6 is 11.3 Å². The minimum atomic E-state index is -0.857. The molecule has 0 bridgehead atoms. The number of ether oxygens (including phenoxy) is 1. The molecule has 1 aliphatic heterocycles. The molecule has 0 radical (unpaired) electrons. The second-order valence-electron chi connectivity index (χ2n) is 10.5. The molecule has 0 spiro atoms. The lowest BCUT2D eigenvalue weighted by atomic mass is 9.85. The number of pyridine rings is 2. The number of thiophene rings is 1. The summed E-state index contributed by atoms with van der Waals surface area (Å²) in [5.41, 5.74) is 5.32. The van der Waals surface area contributed by atoms with E-state index < -0.39 is 5.97 Å². The zero-order valence-electron chi connectivity index (χ0n) is 22.7. The number of hydrogen-bond acceptors (Lipinski definition) is 7. The molecule has 0 unspecified atom stereocenters. The minimum absolute atomic E-state index is 0.00471. The summed E-state index contributed by atoms with van der Waals surface area (Å²) in [5, 5.41) is 21.7. The van der Waals surface area contributed by atoms with Crippen LogP contribution in [0.2, 0.25) is 0 Å². The van der Waals surface area contributed by atoms with E-state index in [1.165, 1.54) is 10.8 Å². The number of H-pyrrole nitrogens is 1. The fourth-order valence-corrected chi connectivity index (χ4v) is 6.66. The first-order valence-corrected chi connectivity index (χ1v) is 14.3. The van der Waals surface area contributed by atoms with E-state index in [0.717, 1.165) is 57.0 Å². The van der Waals surface area contributed by atoms with Gasteiger partial charge in [-0.3, -0.25) is 18.9 Å². The average molecular weight is 558 g/mol. The molecular formula is C30H31N5O4S. The largest absolute Gasteiger partial charge is 0.487 e. The zero-order valence-corrected chi connectivity index (χ0v) is 23.5. The van der Waals surface area contributed by atoms with Crippen molar-refractivity contribution >= 4 is 33.0 Å². The van der Waals surface area contributed by atoms with E-state index in [9.17, 15) is 14.7 Å². The fourth-order valence-electron chi connectivity index (χ4n) is 5.77. The number of rotatable bonds is 7. The maximum Gasteiger partial charge on any atom is 0.304 e. The van der Waals surface area contributed by atoms with Crippen molar-refractivity contribution in [1.29, 1.82) is 0 Å². The van der Waals surface area contributed by atoms with Gasteiger partial charge in [0.15, 0.2) is 5.65 Å². The Morgan fingerprint density at radius 3 is 2.88 bits per heavy atom. The van der Waals surface area contributed by atoms with Crippen molar-refractivity contribution in [1.82, 2.24) is 24.5 Å². The molecule has 5 heterocycles. The molecule has 0 amide bonds. The first-order valence-electron chi connectivity index (χ1n) is 13.4. The molecular weight excluding hydrogens is 526 g/mol. The first kappa shape index (κ1) is 26.2. The summed E-state index contributed by atoms with van der Waals surface area (Å²) in [7, 11) is 0. The number of nitrogens with zero attached hydrogens (tertiary/aromatic N) is 4. The number of carboxylic acid groups (broad SMARTS) is 1. The quantitative estimate of drug-likeness (QED) is 0.289. The van der Waals surface area contributed by atoms with Crippen molar-refractivity contribution in [3.8, 4) is 5.75 Å². The van der Waals surface area contributed by atoms with Gasteiger partial charge in [-0.15, -0.1) is 21.5 Å². The van der Waals surface area contributed by atoms with Gasteiger partial charge in [-0.25, -0.2) is 0 Å². The fraction of sp³-hybridized carbons (Fsp3) is 0.333. The van der Waals surface area contributed by atoms with E-state index in [2.05, 4.69) is 50.6 Å². The Labute approximate surface area is 235 Å². The SMILES string of the molecule is CC[C@@H]1CN(Cc2cc([C@@H](CC(=O)O)c3ccn4c(C)nnc4c3C)cc3ccsc23)Cc2[nH]c(=O)ccc2O1. The molecule has 206 valence electrons. The summed E-state index contributed by atoms with van der Waals surface area (Å²) >= 11 is 1.69. The van der Waals surface area contributed by atoms with Crippen LogP contribution < -0.4 is 10.3 Å². The normalized spacial score (nSPS) is 16.5. The maximum absolute atomic E-state index is 12.1. The molecule has 5 aromatic rings. The van der Waals surface area contributed by atoms with Gasteiger partial charge >= 0.3 is 5.97 Å². The molecule has 10 heteroatoms. The molecule has 0 saturated carbocycles. The molecule has 6 rings (SSSR count). The molecule has 9 nitrogen and oxygen atoms in total. The van der Waals surface area contributed by atoms with Crippen LogP contribution in [-0.2, 0) is 17.9 Å². The third kappa shape index (κ3) is 4.89. The van der Waals surface area contributed by atoms with E-state index in [1.807, 2.05) is 30.5 Å². The minimum Gasteiger partial charge on any atom is -0.487 e. The highest BCUT2D eigenvalue weighted by molar-refractivity contribution is 7.17. The van der Waals surface area contributed by atoms with Crippen molar-refractivity contribution in [2.45, 2.75) is 58.7 Å². The molecule has 40 heavy (non-hydrogen) atoms. The summed E-state index contributed by atoms with van der Waals surface area (Å²) in [5.74, 6) is 0.302. The zero-order chi connectivity index (χ0) is 28.0. The Morgan fingerprint density at radius 2 is 2.08 bits per heavy atom. The van der Waals surface area contributed by atoms with Gasteiger partial charge in [0.2, 0.25) is 5.56 Å². The van der Waals surface area contributed by atoms with Gasteiger partial charge in [-0.05, 0) is 77.6 Å². The number of aliphatic carboxylic acids is 1. The van der Waals surface area contributed by atoms with Crippen molar-refractivity contribution in [3.63, 3.8) is 0 Å². The van der Waals surface area contributed by atoms with Gasteiger partial charge in [-0.1, -0.05) is 13.0 Å². The monoisotopic (exact) mass is 557 g/mol. The lowest BCUT2D eigenvalue weighted by Gasteiger charge is -2.25. The number of hydrogen-bond donors (Lipinski definition) is 2. The predicted octanol–water partition coefficient (Wildman–Crippen LogP) is 5.03. The van der Waals surface area contributed by atoms with Gasteiger partial charge < -0.3 is 14.8 Å². The van der Waals surface area contributed by atoms with Crippen molar-refractivity contribution in [3.05, 3.63) is 92.1 Å². The molecule has 0 fully saturated rings. The van der Waals surface area contributed by atoms with Crippen LogP contribution in [0, 0.1) is 13.8 Å². The Balaban J connectivity index is 1.42. The summed E-state index contributed by atoms with van der Waals surface area (Å²) in [6.45, 7) is 7.89. The number of aromatic amines is 1. The van der Waals surface area contributed by atoms with Gasteiger partial charge in [0, 0.05) is 42.5 Å².